The van der Waals surface area contributed by atoms with Gasteiger partial charge in [0, 0.05) is 96.2 Å². The minimum atomic E-state index is -4.98. The predicted octanol–water partition coefficient (Wildman–Crippen LogP) is 1.08. The molecule has 0 atom stereocenters. The summed E-state index contributed by atoms with van der Waals surface area (Å²) in [5.74, 6) is 81.9. The van der Waals surface area contributed by atoms with Crippen molar-refractivity contribution in [3.8, 4) is 202 Å². The highest BCUT2D eigenvalue weighted by atomic mass is 28.5. The first-order valence-electron chi connectivity index (χ1n) is 22.5. The normalized spacial score (nSPS) is 8.41. The molecule has 0 aliphatic heterocycles. The molecule has 4 aromatic carbocycles. The first-order valence-corrected chi connectivity index (χ1v) is 29.4. The number of hydrogen-bond donors (Lipinski definition) is 10. The number of hydrogen-bond acceptors (Lipinski definition) is 15. The van der Waals surface area contributed by atoms with Gasteiger partial charge >= 0.3 is 36.2 Å². The topological polar surface area (TPSA) is 248 Å². The van der Waals surface area contributed by atoms with Crippen LogP contribution in [0.5, 0.6) is 0 Å². The number of terminal acetylenes is 1. The van der Waals surface area contributed by atoms with Crippen molar-refractivity contribution in [3.05, 3.63) is 144 Å². The summed E-state index contributed by atoms with van der Waals surface area (Å²) < 4.78 is 28.6. The largest absolute Gasteiger partial charge is 0.680 e. The first-order chi connectivity index (χ1) is 39.4. The van der Waals surface area contributed by atoms with Crippen LogP contribution in [0.1, 0.15) is 38.0 Å². The average Bonchev–Trinajstić information content (AvgIpc) is 3.66. The fraction of sp³-hybridized carbons (Fsp3) is 0.0938. The predicted molar refractivity (Wildman–Crippen MR) is 319 cm³/mol. The number of rotatable bonds is 14. The standard InChI is InChI=1S/C35H4.C28H28O4Si.CH4.H6O7Si2.H4O4Si.H2/c1-3-5-7-9-11-13-15-17-19-21-23-25-27-29-31-33-35-34-32-30-28-26-24-22-20-18-16-14-12-10-8-6-4-2;1-5-13-25(14-6-1)21-29-33(30-22-26-15-7-2-8-16-26,31-23-27-17-9-3-10-18-27)32-24-28-19-11-4-12-20-28;;1-8(2,3)7-9(4,5)6;1-5(2,3)4;/h1H,2H3;1-20H,21-24H2;1H4;1-6H;1-4H;1H. The lowest BCUT2D eigenvalue weighted by molar-refractivity contribution is -0.0521. The third-order valence-electron chi connectivity index (χ3n) is 7.38. The molecule has 0 aliphatic carbocycles. The van der Waals surface area contributed by atoms with Crippen LogP contribution >= 0.6 is 0 Å². The van der Waals surface area contributed by atoms with Crippen LogP contribution in [0, 0.1) is 202 Å². The molecule has 0 bridgehead atoms. The lowest BCUT2D eigenvalue weighted by Crippen LogP contribution is -2.53. The van der Waals surface area contributed by atoms with Gasteiger partial charge in [-0.1, -0.05) is 135 Å². The molecule has 0 radical (unpaired) electrons. The van der Waals surface area contributed by atoms with Gasteiger partial charge in [0.15, 0.2) is 0 Å². The Labute approximate surface area is 491 Å². The molecule has 0 fully saturated rings. The van der Waals surface area contributed by atoms with Crippen LogP contribution in [0.2, 0.25) is 0 Å². The Kier molecular flexibility index (Phi) is 40.8. The van der Waals surface area contributed by atoms with E-state index in [9.17, 15) is 0 Å². The van der Waals surface area contributed by atoms with E-state index < -0.39 is 36.2 Å². The van der Waals surface area contributed by atoms with Crippen molar-refractivity contribution in [3.63, 3.8) is 0 Å². The van der Waals surface area contributed by atoms with Gasteiger partial charge < -0.3 is 69.8 Å². The maximum Gasteiger partial charge on any atom is 0.680 e. The van der Waals surface area contributed by atoms with E-state index >= 15 is 0 Å². The van der Waals surface area contributed by atoms with Crippen LogP contribution in [-0.4, -0.2) is 84.1 Å². The van der Waals surface area contributed by atoms with E-state index in [4.69, 9.17) is 72.1 Å². The monoisotopic (exact) mass is 1170 g/mol. The molecule has 15 nitrogen and oxygen atoms in total. The molecule has 10 N–H and O–H groups in total. The summed E-state index contributed by atoms with van der Waals surface area (Å²) in [5, 5.41) is 0. The van der Waals surface area contributed by atoms with Gasteiger partial charge in [-0.3, -0.25) is 0 Å². The molecule has 4 aromatic rings. The van der Waals surface area contributed by atoms with Gasteiger partial charge in [-0.15, -0.1) is 6.42 Å². The van der Waals surface area contributed by atoms with Crippen LogP contribution < -0.4 is 0 Å². The van der Waals surface area contributed by atoms with Gasteiger partial charge in [-0.05, 0) is 124 Å². The van der Waals surface area contributed by atoms with Crippen molar-refractivity contribution >= 4 is 36.2 Å². The Balaban J connectivity index is 0. The molecule has 0 heterocycles. The Hall–Kier alpha value is -10.3. The van der Waals surface area contributed by atoms with E-state index in [0.29, 0.717) is 26.4 Å². The molecule has 0 amide bonds. The molecule has 83 heavy (non-hydrogen) atoms. The van der Waals surface area contributed by atoms with Crippen molar-refractivity contribution < 1.29 is 71.2 Å². The average molecular weight is 1170 g/mol. The second-order valence-corrected chi connectivity index (χ2v) is 20.2. The smallest absolute Gasteiger partial charge is 0.368 e. The first kappa shape index (κ1) is 72.7. The van der Waals surface area contributed by atoms with Crippen LogP contribution in [0.15, 0.2) is 121 Å². The summed E-state index contributed by atoms with van der Waals surface area (Å²) >= 11 is 0. The van der Waals surface area contributed by atoms with Crippen molar-refractivity contribution in [2.24, 2.45) is 0 Å². The zero-order valence-electron chi connectivity index (χ0n) is 43.0. The lowest BCUT2D eigenvalue weighted by Gasteiger charge is -2.28. The van der Waals surface area contributed by atoms with Crippen molar-refractivity contribution in [2.45, 2.75) is 40.8 Å². The summed E-state index contributed by atoms with van der Waals surface area (Å²) in [6.07, 6.45) is 4.93. The zero-order valence-corrected chi connectivity index (χ0v) is 47.0. The molecule has 0 spiro atoms. The molecule has 0 aliphatic rings. The van der Waals surface area contributed by atoms with Gasteiger partial charge in [-0.2, -0.15) is 0 Å². The third-order valence-corrected chi connectivity index (χ3v) is 11.6. The Morgan fingerprint density at radius 1 is 0.313 bits per heavy atom. The van der Waals surface area contributed by atoms with Crippen molar-refractivity contribution in [1.82, 2.24) is 0 Å². The second-order valence-electron chi connectivity index (χ2n) is 13.7. The van der Waals surface area contributed by atoms with E-state index in [1.165, 1.54) is 0 Å². The molecule has 0 unspecified atom stereocenters. The molecule has 0 aromatic heterocycles. The van der Waals surface area contributed by atoms with Crippen LogP contribution in [-0.2, 0) is 48.2 Å². The van der Waals surface area contributed by atoms with Gasteiger partial charge in [0.05, 0.1) is 26.4 Å². The highest BCUT2D eigenvalue weighted by molar-refractivity contribution is 6.63. The molecule has 4 rings (SSSR count). The van der Waals surface area contributed by atoms with Crippen molar-refractivity contribution in [1.29, 1.82) is 0 Å². The minimum absolute atomic E-state index is 0. The summed E-state index contributed by atoms with van der Waals surface area (Å²) in [6.45, 7) is 3.05. The van der Waals surface area contributed by atoms with Crippen LogP contribution in [0.25, 0.3) is 0 Å². The summed E-state index contributed by atoms with van der Waals surface area (Å²) in [4.78, 5) is 76.9. The SMILES string of the molecule is C.C#CC#CC#CC#CC#CC#CC#CC#CC#CC#CC#CC#CC#CC#CC#CC#CC#CC.O[Si](O)(O)O.O[Si](O)(O)O[Si](O)(O)O.[HH].c1ccc(CO[Si](OCc2ccccc2)(OCc2ccccc2)OCc2ccccc2)cc1. The van der Waals surface area contributed by atoms with Gasteiger partial charge in [0.25, 0.3) is 0 Å². The van der Waals surface area contributed by atoms with Gasteiger partial charge in [0.2, 0.25) is 0 Å². The fourth-order valence-electron chi connectivity index (χ4n) is 4.42. The van der Waals surface area contributed by atoms with E-state index in [1.807, 2.05) is 121 Å². The summed E-state index contributed by atoms with van der Waals surface area (Å²) in [5.41, 5.74) is 4.13. The summed E-state index contributed by atoms with van der Waals surface area (Å²) in [6, 6.07) is 40.0. The number of benzene rings is 4. The molecule has 0 saturated heterocycles. The molecule has 19 heteroatoms. The quantitative estimate of drug-likeness (QED) is 0.0628. The Bertz CT molecular complexity index is 3640. The van der Waals surface area contributed by atoms with Crippen molar-refractivity contribution in [2.75, 3.05) is 0 Å². The zero-order chi connectivity index (χ0) is 60.2. The van der Waals surface area contributed by atoms with Crippen LogP contribution in [0.4, 0.5) is 0 Å². The van der Waals surface area contributed by atoms with E-state index in [-0.39, 0.29) is 8.85 Å². The van der Waals surface area contributed by atoms with Crippen LogP contribution in [0.3, 0.4) is 0 Å². The maximum atomic E-state index is 7.94. The minimum Gasteiger partial charge on any atom is -0.368 e. The highest BCUT2D eigenvalue weighted by Gasteiger charge is 2.47. The third kappa shape index (κ3) is 49.7. The second kappa shape index (κ2) is 46.6. The molecular weight excluding hydrogens is 1120 g/mol. The molecule has 0 saturated carbocycles. The van der Waals surface area contributed by atoms with E-state index in [1.54, 1.807) is 6.92 Å². The Morgan fingerprint density at radius 3 is 0.627 bits per heavy atom. The fourth-order valence-corrected chi connectivity index (χ4v) is 7.77. The van der Waals surface area contributed by atoms with Gasteiger partial charge in [0.1, 0.15) is 0 Å². The molecule has 410 valence electrons. The Morgan fingerprint density at radius 2 is 0.482 bits per heavy atom. The van der Waals surface area contributed by atoms with E-state index in [0.717, 1.165) is 22.3 Å². The maximum absolute atomic E-state index is 7.94. The molecular formula is C64H48O15Si4. The summed E-state index contributed by atoms with van der Waals surface area (Å²) in [7, 11) is -18.1. The highest BCUT2D eigenvalue weighted by Crippen LogP contribution is 2.21. The van der Waals surface area contributed by atoms with Gasteiger partial charge in [-0.25, -0.2) is 0 Å². The van der Waals surface area contributed by atoms with E-state index in [2.05, 4.69) is 199 Å². The lowest BCUT2D eigenvalue weighted by atomic mass is 10.2.